The van der Waals surface area contributed by atoms with Gasteiger partial charge in [-0.2, -0.15) is 0 Å². The number of benzene rings is 2. The Morgan fingerprint density at radius 3 is 2.54 bits per heavy atom. The second kappa shape index (κ2) is 8.36. The summed E-state index contributed by atoms with van der Waals surface area (Å²) in [4.78, 5) is 13.4. The van der Waals surface area contributed by atoms with Gasteiger partial charge in [-0.3, -0.25) is 0 Å². The Bertz CT molecular complexity index is 762. The normalized spacial score (nSPS) is 13.5. The van der Waals surface area contributed by atoms with E-state index in [-0.39, 0.29) is 18.9 Å². The number of hydrogen-bond donors (Lipinski definition) is 2. The first-order valence-corrected chi connectivity index (χ1v) is 9.59. The summed E-state index contributed by atoms with van der Waals surface area (Å²) in [6.45, 7) is 7.00. The fourth-order valence-corrected chi connectivity index (χ4v) is 3.51. The molecule has 2 amide bonds. The van der Waals surface area contributed by atoms with Crippen molar-refractivity contribution in [2.45, 2.75) is 43.5 Å². The summed E-state index contributed by atoms with van der Waals surface area (Å²) in [7, 11) is 0. The number of urea groups is 1. The van der Waals surface area contributed by atoms with Crippen molar-refractivity contribution in [2.75, 3.05) is 6.79 Å². The van der Waals surface area contributed by atoms with Crippen LogP contribution in [-0.4, -0.2) is 18.1 Å². The fraction of sp³-hybridized carbons (Fsp3) is 0.350. The van der Waals surface area contributed by atoms with Crippen LogP contribution >= 0.6 is 11.8 Å². The first-order chi connectivity index (χ1) is 12.5. The molecular formula is C20H24N2O3S. The van der Waals surface area contributed by atoms with Crippen molar-refractivity contribution >= 4 is 17.8 Å². The molecule has 138 valence electrons. The van der Waals surface area contributed by atoms with Gasteiger partial charge in [0.1, 0.15) is 0 Å². The van der Waals surface area contributed by atoms with Crippen LogP contribution in [0.15, 0.2) is 47.4 Å². The minimum Gasteiger partial charge on any atom is -0.454 e. The predicted octanol–water partition coefficient (Wildman–Crippen LogP) is 4.48. The highest BCUT2D eigenvalue weighted by Gasteiger charge is 2.14. The smallest absolute Gasteiger partial charge is 0.315 e. The van der Waals surface area contributed by atoms with Crippen LogP contribution in [0.25, 0.3) is 0 Å². The van der Waals surface area contributed by atoms with Gasteiger partial charge in [-0.05, 0) is 42.3 Å². The number of rotatable bonds is 6. The number of thioether (sulfide) groups is 1. The molecule has 0 aliphatic carbocycles. The van der Waals surface area contributed by atoms with E-state index in [9.17, 15) is 4.79 Å². The maximum absolute atomic E-state index is 12.2. The maximum atomic E-state index is 12.2. The summed E-state index contributed by atoms with van der Waals surface area (Å²) in [5.74, 6) is 1.46. The Morgan fingerprint density at radius 1 is 1.08 bits per heavy atom. The molecule has 5 nitrogen and oxygen atoms in total. The first kappa shape index (κ1) is 18.5. The second-order valence-corrected chi connectivity index (χ2v) is 8.12. The van der Waals surface area contributed by atoms with Crippen molar-refractivity contribution < 1.29 is 14.3 Å². The number of hydrogen-bond acceptors (Lipinski definition) is 4. The summed E-state index contributed by atoms with van der Waals surface area (Å²) in [6.07, 6.45) is 0. The average molecular weight is 372 g/mol. The third-order valence-electron chi connectivity index (χ3n) is 3.99. The highest BCUT2D eigenvalue weighted by Crippen LogP contribution is 2.32. The van der Waals surface area contributed by atoms with E-state index in [2.05, 4.69) is 48.7 Å². The molecule has 1 atom stereocenters. The average Bonchev–Trinajstić information content (AvgIpc) is 3.07. The monoisotopic (exact) mass is 372 g/mol. The largest absolute Gasteiger partial charge is 0.454 e. The van der Waals surface area contributed by atoms with Crippen molar-refractivity contribution in [1.82, 2.24) is 10.6 Å². The molecule has 6 heteroatoms. The Hall–Kier alpha value is -2.34. The molecule has 0 fully saturated rings. The van der Waals surface area contributed by atoms with Gasteiger partial charge < -0.3 is 20.1 Å². The molecule has 0 bridgehead atoms. The van der Waals surface area contributed by atoms with Gasteiger partial charge in [0.05, 0.1) is 6.04 Å². The van der Waals surface area contributed by atoms with E-state index in [4.69, 9.17) is 9.47 Å². The molecule has 0 saturated carbocycles. The summed E-state index contributed by atoms with van der Waals surface area (Å²) in [6, 6.07) is 13.7. The Labute approximate surface area is 158 Å². The molecule has 0 radical (unpaired) electrons. The van der Waals surface area contributed by atoms with Gasteiger partial charge in [0, 0.05) is 16.7 Å². The number of amides is 2. The van der Waals surface area contributed by atoms with Gasteiger partial charge in [-0.15, -0.1) is 11.8 Å². The number of nitrogens with one attached hydrogen (secondary N) is 2. The first-order valence-electron chi connectivity index (χ1n) is 8.71. The van der Waals surface area contributed by atoms with Crippen LogP contribution in [0.5, 0.6) is 11.5 Å². The van der Waals surface area contributed by atoms with Crippen LogP contribution in [0.2, 0.25) is 0 Å². The van der Waals surface area contributed by atoms with E-state index < -0.39 is 0 Å². The zero-order chi connectivity index (χ0) is 18.5. The summed E-state index contributed by atoms with van der Waals surface area (Å²) < 4.78 is 10.6. The molecule has 1 heterocycles. The van der Waals surface area contributed by atoms with Crippen molar-refractivity contribution in [1.29, 1.82) is 0 Å². The molecule has 26 heavy (non-hydrogen) atoms. The molecule has 2 aromatic carbocycles. The molecular weight excluding hydrogens is 348 g/mol. The van der Waals surface area contributed by atoms with Crippen LogP contribution in [0.1, 0.15) is 37.9 Å². The standard InChI is InChI=1S/C20H24N2O3S/c1-13(2)26-17-7-5-16(6-8-17)14(3)22-20(23)21-11-15-4-9-18-19(10-15)25-12-24-18/h4-10,13-14H,11-12H2,1-3H3,(H2,21,22,23). The molecule has 2 aromatic rings. The van der Waals surface area contributed by atoms with E-state index in [0.717, 1.165) is 22.6 Å². The van der Waals surface area contributed by atoms with Crippen molar-refractivity contribution in [3.63, 3.8) is 0 Å². The highest BCUT2D eigenvalue weighted by atomic mass is 32.2. The molecule has 2 N–H and O–H groups in total. The third kappa shape index (κ3) is 4.85. The predicted molar refractivity (Wildman–Crippen MR) is 104 cm³/mol. The summed E-state index contributed by atoms with van der Waals surface area (Å²) in [5.41, 5.74) is 2.04. The zero-order valence-corrected chi connectivity index (χ0v) is 16.1. The van der Waals surface area contributed by atoms with Crippen LogP contribution < -0.4 is 20.1 Å². The quantitative estimate of drug-likeness (QED) is 0.734. The zero-order valence-electron chi connectivity index (χ0n) is 15.2. The minimum absolute atomic E-state index is 0.0650. The molecule has 0 saturated heterocycles. The molecule has 0 aromatic heterocycles. The second-order valence-electron chi connectivity index (χ2n) is 6.47. The van der Waals surface area contributed by atoms with Gasteiger partial charge in [-0.1, -0.05) is 32.0 Å². The Morgan fingerprint density at radius 2 is 1.81 bits per heavy atom. The number of carbonyl (C=O) groups is 1. The highest BCUT2D eigenvalue weighted by molar-refractivity contribution is 7.99. The fourth-order valence-electron chi connectivity index (χ4n) is 2.67. The van der Waals surface area contributed by atoms with Crippen molar-refractivity contribution in [3.8, 4) is 11.5 Å². The molecule has 0 spiro atoms. The maximum Gasteiger partial charge on any atom is 0.315 e. The van der Waals surface area contributed by atoms with Crippen LogP contribution in [0, 0.1) is 0 Å². The van der Waals surface area contributed by atoms with E-state index in [0.29, 0.717) is 11.8 Å². The summed E-state index contributed by atoms with van der Waals surface area (Å²) >= 11 is 1.83. The Balaban J connectivity index is 1.49. The SMILES string of the molecule is CC(C)Sc1ccc(C(C)NC(=O)NCc2ccc3c(c2)OCO3)cc1. The lowest BCUT2D eigenvalue weighted by atomic mass is 10.1. The van der Waals surface area contributed by atoms with Crippen molar-refractivity contribution in [3.05, 3.63) is 53.6 Å². The van der Waals surface area contributed by atoms with E-state index in [1.54, 1.807) is 0 Å². The summed E-state index contributed by atoms with van der Waals surface area (Å²) in [5, 5.41) is 6.40. The van der Waals surface area contributed by atoms with Gasteiger partial charge in [0.2, 0.25) is 6.79 Å². The van der Waals surface area contributed by atoms with Crippen LogP contribution in [0.3, 0.4) is 0 Å². The topological polar surface area (TPSA) is 59.6 Å². The van der Waals surface area contributed by atoms with Gasteiger partial charge >= 0.3 is 6.03 Å². The Kier molecular flexibility index (Phi) is 5.93. The van der Waals surface area contributed by atoms with E-state index in [1.165, 1.54) is 4.90 Å². The van der Waals surface area contributed by atoms with Crippen LogP contribution in [-0.2, 0) is 6.54 Å². The molecule has 1 aliphatic heterocycles. The minimum atomic E-state index is -0.198. The lowest BCUT2D eigenvalue weighted by Gasteiger charge is -2.16. The molecule has 3 rings (SSSR count). The lowest BCUT2D eigenvalue weighted by molar-refractivity contribution is 0.174. The van der Waals surface area contributed by atoms with Crippen LogP contribution in [0.4, 0.5) is 4.79 Å². The number of carbonyl (C=O) groups excluding carboxylic acids is 1. The van der Waals surface area contributed by atoms with Gasteiger partial charge in [0.15, 0.2) is 11.5 Å². The van der Waals surface area contributed by atoms with Gasteiger partial charge in [0.25, 0.3) is 0 Å². The van der Waals surface area contributed by atoms with Gasteiger partial charge in [-0.25, -0.2) is 4.79 Å². The molecule has 1 aliphatic rings. The number of ether oxygens (including phenoxy) is 2. The van der Waals surface area contributed by atoms with E-state index >= 15 is 0 Å². The third-order valence-corrected chi connectivity index (χ3v) is 5.01. The molecule has 1 unspecified atom stereocenters. The lowest BCUT2D eigenvalue weighted by Crippen LogP contribution is -2.36. The van der Waals surface area contributed by atoms with Crippen molar-refractivity contribution in [2.24, 2.45) is 0 Å². The van der Waals surface area contributed by atoms with E-state index in [1.807, 2.05) is 36.9 Å². The number of fused-ring (bicyclic) bond motifs is 1.